The van der Waals surface area contributed by atoms with E-state index < -0.39 is 6.04 Å². The van der Waals surface area contributed by atoms with Crippen molar-refractivity contribution in [3.05, 3.63) is 59.7 Å². The fourth-order valence-corrected chi connectivity index (χ4v) is 2.31. The van der Waals surface area contributed by atoms with Crippen molar-refractivity contribution in [3.63, 3.8) is 0 Å². The summed E-state index contributed by atoms with van der Waals surface area (Å²) >= 11 is 0. The van der Waals surface area contributed by atoms with Crippen molar-refractivity contribution in [2.45, 2.75) is 24.8 Å². The second kappa shape index (κ2) is 6.56. The summed E-state index contributed by atoms with van der Waals surface area (Å²) in [6.45, 7) is 0. The van der Waals surface area contributed by atoms with Crippen LogP contribution in [-0.4, -0.2) is 28.8 Å². The first kappa shape index (κ1) is 15.1. The highest BCUT2D eigenvalue weighted by Crippen LogP contribution is 2.37. The lowest BCUT2D eigenvalue weighted by Gasteiger charge is -2.17. The van der Waals surface area contributed by atoms with E-state index in [-0.39, 0.29) is 11.8 Å². The average Bonchev–Trinajstić information content (AvgIpc) is 3.45. The molecule has 0 bridgehead atoms. The van der Waals surface area contributed by atoms with Gasteiger partial charge in [-0.2, -0.15) is 0 Å². The van der Waals surface area contributed by atoms with Gasteiger partial charge < -0.3 is 10.6 Å². The van der Waals surface area contributed by atoms with Crippen LogP contribution in [0.4, 0.5) is 0 Å². The predicted octanol–water partition coefficient (Wildman–Crippen LogP) is 1.57. The van der Waals surface area contributed by atoms with Crippen LogP contribution >= 0.6 is 0 Å². The van der Waals surface area contributed by atoms with Gasteiger partial charge in [-0.25, -0.2) is 9.97 Å². The quantitative estimate of drug-likeness (QED) is 0.878. The average molecular weight is 310 g/mol. The first-order chi connectivity index (χ1) is 11.2. The summed E-state index contributed by atoms with van der Waals surface area (Å²) in [7, 11) is 1.54. The first-order valence-corrected chi connectivity index (χ1v) is 7.58. The van der Waals surface area contributed by atoms with Crippen LogP contribution in [0.25, 0.3) is 0 Å². The van der Waals surface area contributed by atoms with Gasteiger partial charge in [0.2, 0.25) is 5.91 Å². The van der Waals surface area contributed by atoms with Crippen LogP contribution in [0, 0.1) is 0 Å². The molecular formula is C17H18N4O2. The third-order valence-electron chi connectivity index (χ3n) is 3.79. The van der Waals surface area contributed by atoms with Crippen LogP contribution in [0.15, 0.2) is 42.7 Å². The standard InChI is InChI=1S/C17H18N4O2/c1-18-17(23)14(11-5-3-2-4-6-11)21-16(22)13-9-19-15(20-10-13)12-7-8-12/h2-6,9-10,12,14H,7-8H2,1H3,(H,18,23)(H,21,22). The summed E-state index contributed by atoms with van der Waals surface area (Å²) in [6.07, 6.45) is 5.25. The molecule has 23 heavy (non-hydrogen) atoms. The molecule has 1 heterocycles. The Morgan fingerprint density at radius 2 is 1.78 bits per heavy atom. The van der Waals surface area contributed by atoms with Crippen LogP contribution in [0.5, 0.6) is 0 Å². The van der Waals surface area contributed by atoms with Crippen molar-refractivity contribution in [2.75, 3.05) is 7.05 Å². The van der Waals surface area contributed by atoms with Gasteiger partial charge in [-0.1, -0.05) is 30.3 Å². The van der Waals surface area contributed by atoms with E-state index in [1.54, 1.807) is 12.1 Å². The second-order valence-electron chi connectivity index (χ2n) is 5.54. The van der Waals surface area contributed by atoms with Crippen molar-refractivity contribution < 1.29 is 9.59 Å². The number of carbonyl (C=O) groups excluding carboxylic acids is 2. The Kier molecular flexibility index (Phi) is 4.32. The van der Waals surface area contributed by atoms with E-state index in [0.717, 1.165) is 24.2 Å². The number of benzene rings is 1. The van der Waals surface area contributed by atoms with Gasteiger partial charge in [-0.15, -0.1) is 0 Å². The van der Waals surface area contributed by atoms with Crippen molar-refractivity contribution in [1.29, 1.82) is 0 Å². The Morgan fingerprint density at radius 1 is 1.13 bits per heavy atom. The van der Waals surface area contributed by atoms with Crippen LogP contribution in [0.1, 0.15) is 46.5 Å². The molecule has 2 aromatic rings. The molecule has 0 saturated heterocycles. The molecule has 0 aliphatic heterocycles. The second-order valence-corrected chi connectivity index (χ2v) is 5.54. The molecule has 3 rings (SSSR count). The number of amides is 2. The number of hydrogen-bond acceptors (Lipinski definition) is 4. The van der Waals surface area contributed by atoms with Gasteiger partial charge in [0, 0.05) is 25.4 Å². The Bertz CT molecular complexity index is 696. The van der Waals surface area contributed by atoms with Crippen molar-refractivity contribution in [2.24, 2.45) is 0 Å². The first-order valence-electron chi connectivity index (χ1n) is 7.58. The Balaban J connectivity index is 1.76. The molecule has 6 heteroatoms. The molecule has 0 spiro atoms. The fourth-order valence-electron chi connectivity index (χ4n) is 2.31. The molecule has 1 aliphatic rings. The third-order valence-corrected chi connectivity index (χ3v) is 3.79. The van der Waals surface area contributed by atoms with Gasteiger partial charge in [-0.3, -0.25) is 9.59 Å². The minimum atomic E-state index is -0.753. The van der Waals surface area contributed by atoms with Crippen molar-refractivity contribution in [1.82, 2.24) is 20.6 Å². The van der Waals surface area contributed by atoms with E-state index in [2.05, 4.69) is 20.6 Å². The summed E-state index contributed by atoms with van der Waals surface area (Å²) in [5.74, 6) is 0.576. The molecule has 2 N–H and O–H groups in total. The molecule has 1 aromatic heterocycles. The maximum atomic E-state index is 12.4. The molecule has 1 aliphatic carbocycles. The number of hydrogen-bond donors (Lipinski definition) is 2. The van der Waals surface area contributed by atoms with E-state index in [9.17, 15) is 9.59 Å². The van der Waals surface area contributed by atoms with Gasteiger partial charge in [-0.05, 0) is 18.4 Å². The number of carbonyl (C=O) groups is 2. The maximum Gasteiger partial charge on any atom is 0.255 e. The van der Waals surface area contributed by atoms with E-state index >= 15 is 0 Å². The normalized spacial score (nSPS) is 14.8. The molecule has 0 radical (unpaired) electrons. The van der Waals surface area contributed by atoms with Crippen LogP contribution in [0.3, 0.4) is 0 Å². The number of likely N-dealkylation sites (N-methyl/N-ethyl adjacent to an activating group) is 1. The van der Waals surface area contributed by atoms with Crippen LogP contribution in [0.2, 0.25) is 0 Å². The Morgan fingerprint density at radius 3 is 2.35 bits per heavy atom. The molecule has 6 nitrogen and oxygen atoms in total. The molecule has 1 aromatic carbocycles. The molecule has 1 unspecified atom stereocenters. The number of nitrogens with one attached hydrogen (secondary N) is 2. The minimum absolute atomic E-state index is 0.278. The lowest BCUT2D eigenvalue weighted by Crippen LogP contribution is -2.39. The maximum absolute atomic E-state index is 12.4. The highest BCUT2D eigenvalue weighted by molar-refractivity contribution is 5.97. The summed E-state index contributed by atoms with van der Waals surface area (Å²) in [4.78, 5) is 32.9. The molecule has 118 valence electrons. The zero-order valence-corrected chi connectivity index (χ0v) is 12.8. The highest BCUT2D eigenvalue weighted by Gasteiger charge is 2.27. The minimum Gasteiger partial charge on any atom is -0.357 e. The van der Waals surface area contributed by atoms with E-state index in [0.29, 0.717) is 11.5 Å². The van der Waals surface area contributed by atoms with Gasteiger partial charge in [0.1, 0.15) is 11.9 Å². The van der Waals surface area contributed by atoms with Crippen LogP contribution < -0.4 is 10.6 Å². The zero-order chi connectivity index (χ0) is 16.2. The highest BCUT2D eigenvalue weighted by atomic mass is 16.2. The number of rotatable bonds is 5. The van der Waals surface area contributed by atoms with E-state index in [4.69, 9.17) is 0 Å². The molecule has 2 amide bonds. The van der Waals surface area contributed by atoms with Gasteiger partial charge >= 0.3 is 0 Å². The molecular weight excluding hydrogens is 292 g/mol. The summed E-state index contributed by atoms with van der Waals surface area (Å²) in [5, 5.41) is 5.30. The number of nitrogens with zero attached hydrogens (tertiary/aromatic N) is 2. The topological polar surface area (TPSA) is 84.0 Å². The third kappa shape index (κ3) is 3.53. The zero-order valence-electron chi connectivity index (χ0n) is 12.8. The summed E-state index contributed by atoms with van der Waals surface area (Å²) in [5.41, 5.74) is 1.06. The molecule has 1 fully saturated rings. The number of aromatic nitrogens is 2. The Hall–Kier alpha value is -2.76. The van der Waals surface area contributed by atoms with Crippen molar-refractivity contribution in [3.8, 4) is 0 Å². The van der Waals surface area contributed by atoms with Gasteiger partial charge in [0.25, 0.3) is 5.91 Å². The van der Waals surface area contributed by atoms with E-state index in [1.807, 2.05) is 18.2 Å². The fraction of sp³-hybridized carbons (Fsp3) is 0.294. The molecule has 1 atom stereocenters. The SMILES string of the molecule is CNC(=O)C(NC(=O)c1cnc(C2CC2)nc1)c1ccccc1. The monoisotopic (exact) mass is 310 g/mol. The van der Waals surface area contributed by atoms with Crippen molar-refractivity contribution >= 4 is 11.8 Å². The summed E-state index contributed by atoms with van der Waals surface area (Å²) in [6, 6.07) is 8.35. The van der Waals surface area contributed by atoms with Crippen LogP contribution in [-0.2, 0) is 4.79 Å². The summed E-state index contributed by atoms with van der Waals surface area (Å²) < 4.78 is 0. The van der Waals surface area contributed by atoms with E-state index in [1.165, 1.54) is 19.4 Å². The lowest BCUT2D eigenvalue weighted by atomic mass is 10.1. The smallest absolute Gasteiger partial charge is 0.255 e. The van der Waals surface area contributed by atoms with Gasteiger partial charge in [0.15, 0.2) is 0 Å². The van der Waals surface area contributed by atoms with Gasteiger partial charge in [0.05, 0.1) is 5.56 Å². The largest absolute Gasteiger partial charge is 0.357 e. The Labute approximate surface area is 134 Å². The lowest BCUT2D eigenvalue weighted by molar-refractivity contribution is -0.122. The molecule has 1 saturated carbocycles. The predicted molar refractivity (Wildman–Crippen MR) is 84.7 cm³/mol.